The van der Waals surface area contributed by atoms with Gasteiger partial charge in [-0.05, 0) is 35.4 Å². The third-order valence-electron chi connectivity index (χ3n) is 2.91. The van der Waals surface area contributed by atoms with Crippen molar-refractivity contribution >= 4 is 0 Å². The molecule has 0 aromatic heterocycles. The molecule has 1 aromatic rings. The molecule has 0 fully saturated rings. The number of hydrogen-bond donors (Lipinski definition) is 0. The van der Waals surface area contributed by atoms with E-state index in [0.717, 1.165) is 12.2 Å². The quantitative estimate of drug-likeness (QED) is 0.542. The molecule has 0 aliphatic heterocycles. The van der Waals surface area contributed by atoms with Gasteiger partial charge in [-0.1, -0.05) is 46.8 Å². The molecule has 1 unspecified atom stereocenters. The smallest absolute Gasteiger partial charge is 0.189 e. The van der Waals surface area contributed by atoms with Gasteiger partial charge >= 0.3 is 0 Å². The minimum Gasteiger partial charge on any atom is -0.468 e. The Bertz CT molecular complexity index is 335. The molecule has 1 atom stereocenters. The number of benzene rings is 1. The summed E-state index contributed by atoms with van der Waals surface area (Å²) in [7, 11) is 0. The van der Waals surface area contributed by atoms with Crippen LogP contribution in [0.2, 0.25) is 0 Å². The summed E-state index contributed by atoms with van der Waals surface area (Å²) in [6.45, 7) is 11.9. The Balaban J connectivity index is 2.35. The summed E-state index contributed by atoms with van der Waals surface area (Å²) in [4.78, 5) is 0. The zero-order valence-electron chi connectivity index (χ0n) is 12.3. The van der Waals surface area contributed by atoms with E-state index in [9.17, 15) is 0 Å². The van der Waals surface area contributed by atoms with Gasteiger partial charge in [-0.25, -0.2) is 0 Å². The van der Waals surface area contributed by atoms with Crippen LogP contribution in [0.25, 0.3) is 0 Å². The van der Waals surface area contributed by atoms with E-state index in [0.29, 0.717) is 19.3 Å². The minimum absolute atomic E-state index is 0.184. The molecule has 0 N–H and O–H groups in total. The molecule has 0 amide bonds. The summed E-state index contributed by atoms with van der Waals surface area (Å²) in [5, 5.41) is 0. The molecular formula is C16H26O2. The molecule has 0 spiro atoms. The van der Waals surface area contributed by atoms with E-state index < -0.39 is 0 Å². The maximum absolute atomic E-state index is 5.55. The highest BCUT2D eigenvalue weighted by Crippen LogP contribution is 2.21. The van der Waals surface area contributed by atoms with Crippen LogP contribution in [0, 0.1) is 5.41 Å². The van der Waals surface area contributed by atoms with Crippen molar-refractivity contribution in [3.05, 3.63) is 29.8 Å². The molecule has 0 saturated carbocycles. The van der Waals surface area contributed by atoms with Crippen molar-refractivity contribution in [2.75, 3.05) is 13.4 Å². The lowest BCUT2D eigenvalue weighted by molar-refractivity contribution is -0.0175. The summed E-state index contributed by atoms with van der Waals surface area (Å²) in [5.41, 5.74) is 1.55. The molecule has 0 heterocycles. The zero-order chi connectivity index (χ0) is 13.6. The fourth-order valence-corrected chi connectivity index (χ4v) is 1.59. The predicted molar refractivity (Wildman–Crippen MR) is 76.1 cm³/mol. The Hall–Kier alpha value is -1.02. The van der Waals surface area contributed by atoms with Crippen LogP contribution in [0.5, 0.6) is 5.75 Å². The van der Waals surface area contributed by atoms with Gasteiger partial charge in [-0.3, -0.25) is 0 Å². The monoisotopic (exact) mass is 250 g/mol. The van der Waals surface area contributed by atoms with Crippen LogP contribution in [0.15, 0.2) is 24.3 Å². The molecule has 0 radical (unpaired) electrons. The van der Waals surface area contributed by atoms with E-state index in [4.69, 9.17) is 9.47 Å². The third-order valence-corrected chi connectivity index (χ3v) is 2.91. The van der Waals surface area contributed by atoms with E-state index in [1.54, 1.807) is 0 Å². The summed E-state index contributed by atoms with van der Waals surface area (Å²) >= 11 is 0. The second kappa shape index (κ2) is 6.79. The molecule has 0 saturated heterocycles. The molecule has 0 aliphatic carbocycles. The van der Waals surface area contributed by atoms with Crippen LogP contribution >= 0.6 is 0 Å². The van der Waals surface area contributed by atoms with Gasteiger partial charge < -0.3 is 9.47 Å². The summed E-state index contributed by atoms with van der Waals surface area (Å²) in [6, 6.07) is 8.30. The van der Waals surface area contributed by atoms with Gasteiger partial charge in [0.2, 0.25) is 0 Å². The highest BCUT2D eigenvalue weighted by molar-refractivity contribution is 5.29. The number of ether oxygens (including phenoxy) is 2. The van der Waals surface area contributed by atoms with Crippen LogP contribution in [0.1, 0.15) is 52.5 Å². The normalized spacial score (nSPS) is 13.4. The van der Waals surface area contributed by atoms with E-state index in [-0.39, 0.29) is 5.41 Å². The van der Waals surface area contributed by atoms with Crippen LogP contribution in [0.3, 0.4) is 0 Å². The average Bonchev–Trinajstić information content (AvgIpc) is 2.33. The van der Waals surface area contributed by atoms with Crippen molar-refractivity contribution in [1.29, 1.82) is 0 Å². The van der Waals surface area contributed by atoms with Crippen molar-refractivity contribution in [2.45, 2.75) is 47.0 Å². The third kappa shape index (κ3) is 5.54. The fourth-order valence-electron chi connectivity index (χ4n) is 1.59. The topological polar surface area (TPSA) is 18.5 Å². The minimum atomic E-state index is 0.184. The van der Waals surface area contributed by atoms with Gasteiger partial charge in [0.25, 0.3) is 0 Å². The lowest BCUT2D eigenvalue weighted by Gasteiger charge is -2.18. The van der Waals surface area contributed by atoms with Gasteiger partial charge in [0.1, 0.15) is 5.75 Å². The van der Waals surface area contributed by atoms with E-state index in [2.05, 4.69) is 46.8 Å². The highest BCUT2D eigenvalue weighted by Gasteiger charge is 2.09. The molecule has 18 heavy (non-hydrogen) atoms. The van der Waals surface area contributed by atoms with Crippen molar-refractivity contribution < 1.29 is 9.47 Å². The van der Waals surface area contributed by atoms with Gasteiger partial charge in [0.15, 0.2) is 6.79 Å². The van der Waals surface area contributed by atoms with Crippen LogP contribution in [0.4, 0.5) is 0 Å². The fraction of sp³-hybridized carbons (Fsp3) is 0.625. The Labute approximate surface area is 111 Å². The predicted octanol–water partition coefficient (Wildman–Crippen LogP) is 4.60. The summed E-state index contributed by atoms with van der Waals surface area (Å²) < 4.78 is 11.0. The maximum atomic E-state index is 5.55. The van der Waals surface area contributed by atoms with E-state index in [1.165, 1.54) is 5.56 Å². The molecule has 0 aliphatic rings. The first kappa shape index (κ1) is 15.0. The molecule has 0 bridgehead atoms. The van der Waals surface area contributed by atoms with Gasteiger partial charge in [0, 0.05) is 0 Å². The molecule has 2 nitrogen and oxygen atoms in total. The van der Waals surface area contributed by atoms with E-state index >= 15 is 0 Å². The van der Waals surface area contributed by atoms with Crippen molar-refractivity contribution in [1.82, 2.24) is 0 Å². The lowest BCUT2D eigenvalue weighted by Crippen LogP contribution is -2.16. The first-order chi connectivity index (χ1) is 8.42. The summed E-state index contributed by atoms with van der Waals surface area (Å²) in [5.74, 6) is 1.48. The standard InChI is InChI=1S/C16H26O2/c1-6-13(2)14-7-9-15(10-8-14)18-12-17-11-16(3,4)5/h7-10,13H,6,11-12H2,1-5H3. The Morgan fingerprint density at radius 1 is 1.11 bits per heavy atom. The van der Waals surface area contributed by atoms with Crippen LogP contribution in [-0.4, -0.2) is 13.4 Å². The van der Waals surface area contributed by atoms with Crippen LogP contribution < -0.4 is 4.74 Å². The second-order valence-electron chi connectivity index (χ2n) is 6.05. The second-order valence-corrected chi connectivity index (χ2v) is 6.05. The van der Waals surface area contributed by atoms with Crippen molar-refractivity contribution in [3.63, 3.8) is 0 Å². The molecular weight excluding hydrogens is 224 g/mol. The maximum Gasteiger partial charge on any atom is 0.189 e. The average molecular weight is 250 g/mol. The molecule has 102 valence electrons. The summed E-state index contributed by atoms with van der Waals surface area (Å²) in [6.07, 6.45) is 1.16. The lowest BCUT2D eigenvalue weighted by atomic mass is 9.99. The Kier molecular flexibility index (Phi) is 5.67. The van der Waals surface area contributed by atoms with Gasteiger partial charge in [0.05, 0.1) is 6.61 Å². The SMILES string of the molecule is CCC(C)c1ccc(OCOCC(C)(C)C)cc1. The largest absolute Gasteiger partial charge is 0.468 e. The number of hydrogen-bond acceptors (Lipinski definition) is 2. The molecule has 1 aromatic carbocycles. The van der Waals surface area contributed by atoms with E-state index in [1.807, 2.05) is 12.1 Å². The molecule has 2 heteroatoms. The molecule has 1 rings (SSSR count). The van der Waals surface area contributed by atoms with Crippen molar-refractivity contribution in [2.24, 2.45) is 5.41 Å². The Morgan fingerprint density at radius 3 is 2.22 bits per heavy atom. The first-order valence-corrected chi connectivity index (χ1v) is 6.73. The number of rotatable bonds is 6. The van der Waals surface area contributed by atoms with Crippen LogP contribution in [-0.2, 0) is 4.74 Å². The highest BCUT2D eigenvalue weighted by atomic mass is 16.7. The van der Waals surface area contributed by atoms with Crippen molar-refractivity contribution in [3.8, 4) is 5.75 Å². The van der Waals surface area contributed by atoms with Gasteiger partial charge in [-0.2, -0.15) is 0 Å². The van der Waals surface area contributed by atoms with Gasteiger partial charge in [-0.15, -0.1) is 0 Å². The Morgan fingerprint density at radius 2 is 1.72 bits per heavy atom. The zero-order valence-corrected chi connectivity index (χ0v) is 12.3. The first-order valence-electron chi connectivity index (χ1n) is 6.73.